The molecule has 46 valence electrons. The molecule has 0 N–H and O–H groups in total. The minimum absolute atomic E-state index is 0.111. The van der Waals surface area contributed by atoms with Gasteiger partial charge in [-0.2, -0.15) is 0 Å². The van der Waals surface area contributed by atoms with Gasteiger partial charge in [-0.3, -0.25) is 0 Å². The van der Waals surface area contributed by atoms with Crippen molar-refractivity contribution in [1.29, 1.82) is 0 Å². The molecule has 0 atom stereocenters. The maximum atomic E-state index is 10.3. The van der Waals surface area contributed by atoms with Crippen LogP contribution in [0.4, 0.5) is 0 Å². The van der Waals surface area contributed by atoms with Gasteiger partial charge in [-0.15, -0.1) is 0 Å². The summed E-state index contributed by atoms with van der Waals surface area (Å²) >= 11 is 0. The highest BCUT2D eigenvalue weighted by Gasteiger charge is 2.44. The van der Waals surface area contributed by atoms with E-state index in [4.69, 9.17) is 0 Å². The summed E-state index contributed by atoms with van der Waals surface area (Å²) in [5, 5.41) is 0. The minimum Gasteiger partial charge on any atom is -0.303 e. The molecule has 1 aliphatic rings. The third-order valence-electron chi connectivity index (χ3n) is 2.21. The zero-order valence-corrected chi connectivity index (χ0v) is 5.48. The van der Waals surface area contributed by atoms with E-state index in [0.29, 0.717) is 5.92 Å². The molecule has 0 unspecified atom stereocenters. The highest BCUT2D eigenvalue weighted by atomic mass is 16.1. The third-order valence-corrected chi connectivity index (χ3v) is 2.21. The topological polar surface area (TPSA) is 17.1 Å². The first-order valence-electron chi connectivity index (χ1n) is 3.17. The highest BCUT2D eigenvalue weighted by Crippen LogP contribution is 2.49. The monoisotopic (exact) mass is 112 g/mol. The Kier molecular flexibility index (Phi) is 1.14. The molecule has 0 radical (unpaired) electrons. The second kappa shape index (κ2) is 1.57. The molecule has 1 nitrogen and oxygen atoms in total. The Morgan fingerprint density at radius 2 is 2.00 bits per heavy atom. The fourth-order valence-electron chi connectivity index (χ4n) is 0.976. The molecule has 1 fully saturated rings. The second-order valence-corrected chi connectivity index (χ2v) is 3.01. The summed E-state index contributed by atoms with van der Waals surface area (Å²) in [6, 6.07) is 0. The number of rotatable bonds is 2. The maximum Gasteiger partial charge on any atom is 0.126 e. The van der Waals surface area contributed by atoms with Gasteiger partial charge in [0.05, 0.1) is 0 Å². The first-order chi connectivity index (χ1) is 3.71. The van der Waals surface area contributed by atoms with Gasteiger partial charge >= 0.3 is 0 Å². The molecular formula is C7H12O. The van der Waals surface area contributed by atoms with Crippen LogP contribution in [0.2, 0.25) is 0 Å². The first-order valence-corrected chi connectivity index (χ1v) is 3.17. The Morgan fingerprint density at radius 3 is 2.00 bits per heavy atom. The zero-order chi connectivity index (χ0) is 6.20. The third kappa shape index (κ3) is 0.662. The smallest absolute Gasteiger partial charge is 0.126 e. The average molecular weight is 112 g/mol. The van der Waals surface area contributed by atoms with Crippen LogP contribution < -0.4 is 0 Å². The van der Waals surface area contributed by atoms with Crippen LogP contribution in [0.25, 0.3) is 0 Å². The standard InChI is InChI=1S/C7H12O/c1-6(2)7(5-8)3-4-7/h5-6H,3-4H2,1-2H3. The lowest BCUT2D eigenvalue weighted by atomic mass is 9.95. The first kappa shape index (κ1) is 5.80. The van der Waals surface area contributed by atoms with E-state index in [0.717, 1.165) is 19.1 Å². The molecule has 0 spiro atoms. The van der Waals surface area contributed by atoms with Crippen molar-refractivity contribution in [2.45, 2.75) is 26.7 Å². The van der Waals surface area contributed by atoms with Gasteiger partial charge in [0.1, 0.15) is 6.29 Å². The van der Waals surface area contributed by atoms with Crippen LogP contribution in [0, 0.1) is 11.3 Å². The van der Waals surface area contributed by atoms with Gasteiger partial charge in [-0.1, -0.05) is 13.8 Å². The van der Waals surface area contributed by atoms with Crippen LogP contribution in [0.1, 0.15) is 26.7 Å². The number of hydrogen-bond acceptors (Lipinski definition) is 1. The lowest BCUT2D eigenvalue weighted by Gasteiger charge is -2.09. The van der Waals surface area contributed by atoms with Crippen molar-refractivity contribution in [3.05, 3.63) is 0 Å². The fourth-order valence-corrected chi connectivity index (χ4v) is 0.976. The van der Waals surface area contributed by atoms with Crippen molar-refractivity contribution >= 4 is 6.29 Å². The van der Waals surface area contributed by atoms with E-state index >= 15 is 0 Å². The van der Waals surface area contributed by atoms with Crippen molar-refractivity contribution in [3.8, 4) is 0 Å². The van der Waals surface area contributed by atoms with Gasteiger partial charge < -0.3 is 4.79 Å². The molecule has 0 heterocycles. The van der Waals surface area contributed by atoms with Crippen LogP contribution in [0.15, 0.2) is 0 Å². The minimum atomic E-state index is 0.111. The molecule has 0 saturated heterocycles. The molecule has 1 rings (SSSR count). The normalized spacial score (nSPS) is 23.4. The summed E-state index contributed by atoms with van der Waals surface area (Å²) in [4.78, 5) is 10.3. The van der Waals surface area contributed by atoms with Crippen LogP contribution in [-0.2, 0) is 4.79 Å². The molecular weight excluding hydrogens is 100 g/mol. The molecule has 0 bridgehead atoms. The van der Waals surface area contributed by atoms with Crippen molar-refractivity contribution in [2.24, 2.45) is 11.3 Å². The van der Waals surface area contributed by atoms with E-state index in [2.05, 4.69) is 13.8 Å². The van der Waals surface area contributed by atoms with Crippen molar-refractivity contribution in [2.75, 3.05) is 0 Å². The zero-order valence-electron chi connectivity index (χ0n) is 5.48. The fraction of sp³-hybridized carbons (Fsp3) is 0.857. The van der Waals surface area contributed by atoms with Crippen LogP contribution in [0.5, 0.6) is 0 Å². The van der Waals surface area contributed by atoms with E-state index in [1.54, 1.807) is 0 Å². The van der Waals surface area contributed by atoms with E-state index < -0.39 is 0 Å². The Morgan fingerprint density at radius 1 is 1.50 bits per heavy atom. The summed E-state index contributed by atoms with van der Waals surface area (Å²) < 4.78 is 0. The summed E-state index contributed by atoms with van der Waals surface area (Å²) in [7, 11) is 0. The van der Waals surface area contributed by atoms with Crippen molar-refractivity contribution < 1.29 is 4.79 Å². The molecule has 0 amide bonds. The molecule has 0 aromatic carbocycles. The maximum absolute atomic E-state index is 10.3. The predicted molar refractivity (Wildman–Crippen MR) is 32.6 cm³/mol. The van der Waals surface area contributed by atoms with Gasteiger partial charge in [0, 0.05) is 5.41 Å². The Hall–Kier alpha value is -0.330. The SMILES string of the molecule is CC(C)C1(C=O)CC1. The number of hydrogen-bond donors (Lipinski definition) is 0. The highest BCUT2D eigenvalue weighted by molar-refractivity contribution is 5.63. The Balaban J connectivity index is 2.53. The largest absolute Gasteiger partial charge is 0.303 e. The lowest BCUT2D eigenvalue weighted by molar-refractivity contribution is -0.113. The summed E-state index contributed by atoms with van der Waals surface area (Å²) in [5.41, 5.74) is 0.111. The predicted octanol–water partition coefficient (Wildman–Crippen LogP) is 1.62. The molecule has 0 aromatic heterocycles. The van der Waals surface area contributed by atoms with Crippen LogP contribution >= 0.6 is 0 Å². The van der Waals surface area contributed by atoms with Crippen LogP contribution in [-0.4, -0.2) is 6.29 Å². The van der Waals surface area contributed by atoms with E-state index in [1.807, 2.05) is 0 Å². The molecule has 1 aliphatic carbocycles. The average Bonchev–Trinajstić information content (AvgIpc) is 2.44. The summed E-state index contributed by atoms with van der Waals surface area (Å²) in [5.74, 6) is 0.556. The van der Waals surface area contributed by atoms with E-state index in [9.17, 15) is 4.79 Å². The van der Waals surface area contributed by atoms with Gasteiger partial charge in [-0.25, -0.2) is 0 Å². The van der Waals surface area contributed by atoms with Crippen LogP contribution in [0.3, 0.4) is 0 Å². The molecule has 0 aliphatic heterocycles. The Bertz CT molecular complexity index is 101. The molecule has 0 aromatic rings. The lowest BCUT2D eigenvalue weighted by Crippen LogP contribution is -2.09. The van der Waals surface area contributed by atoms with Gasteiger partial charge in [0.25, 0.3) is 0 Å². The molecule has 8 heavy (non-hydrogen) atoms. The van der Waals surface area contributed by atoms with E-state index in [-0.39, 0.29) is 5.41 Å². The van der Waals surface area contributed by atoms with E-state index in [1.165, 1.54) is 0 Å². The number of carbonyl (C=O) groups is 1. The number of aldehydes is 1. The molecule has 1 heteroatoms. The van der Waals surface area contributed by atoms with Crippen molar-refractivity contribution in [3.63, 3.8) is 0 Å². The quantitative estimate of drug-likeness (QED) is 0.496. The van der Waals surface area contributed by atoms with Gasteiger partial charge in [0.2, 0.25) is 0 Å². The van der Waals surface area contributed by atoms with Gasteiger partial charge in [0.15, 0.2) is 0 Å². The summed E-state index contributed by atoms with van der Waals surface area (Å²) in [6.45, 7) is 4.22. The Labute approximate surface area is 50.1 Å². The second-order valence-electron chi connectivity index (χ2n) is 3.01. The van der Waals surface area contributed by atoms with Crippen molar-refractivity contribution in [1.82, 2.24) is 0 Å². The van der Waals surface area contributed by atoms with Gasteiger partial charge in [-0.05, 0) is 18.8 Å². The number of carbonyl (C=O) groups excluding carboxylic acids is 1. The molecule has 1 saturated carbocycles. The summed E-state index contributed by atoms with van der Waals surface area (Å²) in [6.07, 6.45) is 3.36.